The molecule has 126 valence electrons. The van der Waals surface area contributed by atoms with Crippen LogP contribution in [-0.4, -0.2) is 46.3 Å². The first-order valence-corrected chi connectivity index (χ1v) is 7.46. The normalized spacial score (nSPS) is 31.0. The largest absolute Gasteiger partial charge is 0.416 e. The van der Waals surface area contributed by atoms with E-state index in [2.05, 4.69) is 19.2 Å². The Hall–Kier alpha value is -1.31. The highest BCUT2D eigenvalue weighted by molar-refractivity contribution is 6.07. The van der Waals surface area contributed by atoms with E-state index in [1.54, 1.807) is 0 Å². The smallest absolute Gasteiger partial charge is 0.382 e. The van der Waals surface area contributed by atoms with Crippen LogP contribution >= 0.6 is 0 Å². The van der Waals surface area contributed by atoms with Crippen LogP contribution in [0, 0.1) is 11.8 Å². The molecule has 0 radical (unpaired) electrons. The summed E-state index contributed by atoms with van der Waals surface area (Å²) in [6.45, 7) is 3.12. The number of urea groups is 1. The Morgan fingerprint density at radius 3 is 2.32 bits per heavy atom. The van der Waals surface area contributed by atoms with Gasteiger partial charge in [0.25, 0.3) is 5.91 Å². The van der Waals surface area contributed by atoms with Crippen molar-refractivity contribution in [1.29, 1.82) is 0 Å². The SMILES string of the molecule is CC(C)C1CCC2(CC1)NC(=O)N(CC(O)C(F)(F)F)C2=O. The van der Waals surface area contributed by atoms with E-state index < -0.39 is 36.3 Å². The second-order valence-corrected chi connectivity index (χ2v) is 6.57. The molecule has 0 aromatic rings. The minimum atomic E-state index is -4.86. The van der Waals surface area contributed by atoms with Gasteiger partial charge in [-0.1, -0.05) is 13.8 Å². The van der Waals surface area contributed by atoms with Gasteiger partial charge in [0.05, 0.1) is 6.54 Å². The molecule has 8 heteroatoms. The molecule has 2 aliphatic rings. The zero-order chi connectivity index (χ0) is 16.7. The van der Waals surface area contributed by atoms with Crippen molar-refractivity contribution in [3.63, 3.8) is 0 Å². The fourth-order valence-electron chi connectivity index (χ4n) is 3.26. The first kappa shape index (κ1) is 17.1. The van der Waals surface area contributed by atoms with E-state index in [9.17, 15) is 22.8 Å². The van der Waals surface area contributed by atoms with E-state index in [-0.39, 0.29) is 0 Å². The summed E-state index contributed by atoms with van der Waals surface area (Å²) in [5, 5.41) is 11.6. The third-order valence-electron chi connectivity index (χ3n) is 4.81. The van der Waals surface area contributed by atoms with Crippen LogP contribution in [0.25, 0.3) is 0 Å². The van der Waals surface area contributed by atoms with Crippen LogP contribution in [-0.2, 0) is 4.79 Å². The van der Waals surface area contributed by atoms with Crippen LogP contribution in [0.5, 0.6) is 0 Å². The van der Waals surface area contributed by atoms with E-state index in [0.717, 1.165) is 12.8 Å². The Balaban J connectivity index is 2.06. The Morgan fingerprint density at radius 2 is 1.86 bits per heavy atom. The lowest BCUT2D eigenvalue weighted by atomic mass is 9.73. The number of rotatable bonds is 3. The number of carbonyl (C=O) groups is 2. The van der Waals surface area contributed by atoms with Crippen LogP contribution < -0.4 is 5.32 Å². The number of nitrogens with one attached hydrogen (secondary N) is 1. The van der Waals surface area contributed by atoms with Crippen molar-refractivity contribution >= 4 is 11.9 Å². The Bertz CT molecular complexity index is 457. The molecule has 1 heterocycles. The monoisotopic (exact) mass is 322 g/mol. The van der Waals surface area contributed by atoms with Gasteiger partial charge in [0.2, 0.25) is 0 Å². The molecule has 1 atom stereocenters. The zero-order valence-corrected chi connectivity index (χ0v) is 12.6. The van der Waals surface area contributed by atoms with Gasteiger partial charge in [-0.25, -0.2) is 4.79 Å². The number of aliphatic hydroxyl groups is 1. The third-order valence-corrected chi connectivity index (χ3v) is 4.81. The Labute approximate surface area is 126 Å². The number of amides is 3. The van der Waals surface area contributed by atoms with E-state index >= 15 is 0 Å². The predicted octanol–water partition coefficient (Wildman–Crippen LogP) is 2.05. The predicted molar refractivity (Wildman–Crippen MR) is 71.8 cm³/mol. The number of nitrogens with zero attached hydrogens (tertiary/aromatic N) is 1. The molecule has 1 aliphatic carbocycles. The fourth-order valence-corrected chi connectivity index (χ4v) is 3.26. The number of β-amino-alcohol motifs (C(OH)–C–C–N with tert-alkyl or cyclic N) is 1. The number of halogens is 3. The van der Waals surface area contributed by atoms with Gasteiger partial charge in [0.1, 0.15) is 5.54 Å². The van der Waals surface area contributed by atoms with Crippen molar-refractivity contribution in [2.45, 2.75) is 57.3 Å². The highest BCUT2D eigenvalue weighted by atomic mass is 19.4. The first-order chi connectivity index (χ1) is 10.1. The molecular weight excluding hydrogens is 301 g/mol. The molecule has 2 N–H and O–H groups in total. The van der Waals surface area contributed by atoms with Crippen LogP contribution in [0.3, 0.4) is 0 Å². The van der Waals surface area contributed by atoms with Gasteiger partial charge in [-0.05, 0) is 37.5 Å². The minimum absolute atomic E-state index is 0.430. The summed E-state index contributed by atoms with van der Waals surface area (Å²) in [5.41, 5.74) is -1.09. The number of aliphatic hydroxyl groups excluding tert-OH is 1. The number of carbonyl (C=O) groups excluding carboxylic acids is 2. The van der Waals surface area contributed by atoms with Gasteiger partial charge in [-0.2, -0.15) is 13.2 Å². The minimum Gasteiger partial charge on any atom is -0.382 e. The number of imide groups is 1. The maximum absolute atomic E-state index is 12.4. The second kappa shape index (κ2) is 5.72. The number of hydrogen-bond acceptors (Lipinski definition) is 3. The van der Waals surface area contributed by atoms with Crippen LogP contribution in [0.4, 0.5) is 18.0 Å². The van der Waals surface area contributed by atoms with Gasteiger partial charge in [-0.3, -0.25) is 9.69 Å². The summed E-state index contributed by atoms with van der Waals surface area (Å²) in [6, 6.07) is -0.851. The molecule has 0 bridgehead atoms. The maximum Gasteiger partial charge on any atom is 0.416 e. The number of alkyl halides is 3. The molecule has 1 aliphatic heterocycles. The maximum atomic E-state index is 12.4. The molecule has 1 saturated heterocycles. The van der Waals surface area contributed by atoms with Crippen LogP contribution in [0.1, 0.15) is 39.5 Å². The van der Waals surface area contributed by atoms with Crippen molar-refractivity contribution < 1.29 is 27.9 Å². The molecule has 3 amide bonds. The fraction of sp³-hybridized carbons (Fsp3) is 0.857. The van der Waals surface area contributed by atoms with Crippen LogP contribution in [0.15, 0.2) is 0 Å². The average Bonchev–Trinajstić information content (AvgIpc) is 2.63. The molecular formula is C14H21F3N2O3. The van der Waals surface area contributed by atoms with Gasteiger partial charge in [-0.15, -0.1) is 0 Å². The molecule has 2 fully saturated rings. The highest BCUT2D eigenvalue weighted by Gasteiger charge is 2.54. The lowest BCUT2D eigenvalue weighted by Gasteiger charge is -2.36. The van der Waals surface area contributed by atoms with E-state index in [1.807, 2.05) is 0 Å². The molecule has 0 aromatic heterocycles. The number of hydrogen-bond donors (Lipinski definition) is 2. The molecule has 1 saturated carbocycles. The quantitative estimate of drug-likeness (QED) is 0.781. The van der Waals surface area contributed by atoms with Crippen molar-refractivity contribution in [1.82, 2.24) is 10.2 Å². The average molecular weight is 322 g/mol. The highest BCUT2D eigenvalue weighted by Crippen LogP contribution is 2.39. The molecule has 2 rings (SSSR count). The molecule has 1 unspecified atom stereocenters. The Kier molecular flexibility index (Phi) is 4.43. The summed E-state index contributed by atoms with van der Waals surface area (Å²) < 4.78 is 37.2. The molecule has 22 heavy (non-hydrogen) atoms. The summed E-state index contributed by atoms with van der Waals surface area (Å²) in [6.07, 6.45) is -5.22. The van der Waals surface area contributed by atoms with Crippen molar-refractivity contribution in [3.05, 3.63) is 0 Å². The first-order valence-electron chi connectivity index (χ1n) is 7.46. The topological polar surface area (TPSA) is 69.6 Å². The Morgan fingerprint density at radius 1 is 1.32 bits per heavy atom. The lowest BCUT2D eigenvalue weighted by molar-refractivity contribution is -0.206. The summed E-state index contributed by atoms with van der Waals surface area (Å²) in [4.78, 5) is 24.7. The second-order valence-electron chi connectivity index (χ2n) is 6.57. The third kappa shape index (κ3) is 3.06. The van der Waals surface area contributed by atoms with Gasteiger partial charge in [0, 0.05) is 0 Å². The lowest BCUT2D eigenvalue weighted by Crippen LogP contribution is -2.50. The van der Waals surface area contributed by atoms with Gasteiger partial charge in [0.15, 0.2) is 6.10 Å². The van der Waals surface area contributed by atoms with Gasteiger partial charge >= 0.3 is 12.2 Å². The summed E-state index contributed by atoms with van der Waals surface area (Å²) >= 11 is 0. The van der Waals surface area contributed by atoms with E-state index in [0.29, 0.717) is 29.6 Å². The van der Waals surface area contributed by atoms with Crippen LogP contribution in [0.2, 0.25) is 0 Å². The molecule has 0 aromatic carbocycles. The summed E-state index contributed by atoms with van der Waals surface area (Å²) in [7, 11) is 0. The standard InChI is InChI=1S/C14H21F3N2O3/c1-8(2)9-3-5-13(6-4-9)11(21)19(12(22)18-13)7-10(20)14(15,16)17/h8-10,20H,3-7H2,1-2H3,(H,18,22). The van der Waals surface area contributed by atoms with Gasteiger partial charge < -0.3 is 10.4 Å². The summed E-state index contributed by atoms with van der Waals surface area (Å²) in [5.74, 6) is 0.265. The zero-order valence-electron chi connectivity index (χ0n) is 12.6. The van der Waals surface area contributed by atoms with Crippen molar-refractivity contribution in [2.75, 3.05) is 6.54 Å². The molecule has 1 spiro atoms. The van der Waals surface area contributed by atoms with E-state index in [4.69, 9.17) is 5.11 Å². The molecule has 5 nitrogen and oxygen atoms in total. The van der Waals surface area contributed by atoms with Crippen molar-refractivity contribution in [3.8, 4) is 0 Å². The van der Waals surface area contributed by atoms with E-state index in [1.165, 1.54) is 0 Å². The van der Waals surface area contributed by atoms with Crippen molar-refractivity contribution in [2.24, 2.45) is 11.8 Å².